The SMILES string of the molecule is NCC(O)CCSc1ncccc1Br. The fourth-order valence-corrected chi connectivity index (χ4v) is 2.41. The summed E-state index contributed by atoms with van der Waals surface area (Å²) in [5, 5.41) is 10.2. The van der Waals surface area contributed by atoms with Gasteiger partial charge in [0.2, 0.25) is 0 Å². The molecule has 1 aromatic rings. The number of aliphatic hydroxyl groups is 1. The molecule has 1 rings (SSSR count). The average Bonchev–Trinajstić information content (AvgIpc) is 2.20. The molecule has 1 atom stereocenters. The lowest BCUT2D eigenvalue weighted by molar-refractivity contribution is 0.180. The van der Waals surface area contributed by atoms with E-state index >= 15 is 0 Å². The van der Waals surface area contributed by atoms with Crippen LogP contribution in [0.25, 0.3) is 0 Å². The molecule has 0 fully saturated rings. The van der Waals surface area contributed by atoms with Gasteiger partial charge in [0.25, 0.3) is 0 Å². The van der Waals surface area contributed by atoms with Crippen molar-refractivity contribution < 1.29 is 5.11 Å². The summed E-state index contributed by atoms with van der Waals surface area (Å²) in [7, 11) is 0. The third-order valence-corrected chi connectivity index (χ3v) is 3.63. The Labute approximate surface area is 96.2 Å². The number of rotatable bonds is 5. The van der Waals surface area contributed by atoms with Gasteiger partial charge in [-0.1, -0.05) is 0 Å². The Morgan fingerprint density at radius 2 is 2.43 bits per heavy atom. The molecule has 1 heterocycles. The first-order valence-corrected chi connectivity index (χ1v) is 6.13. The number of nitrogens with two attached hydrogens (primary N) is 1. The van der Waals surface area contributed by atoms with E-state index in [1.54, 1.807) is 18.0 Å². The Morgan fingerprint density at radius 3 is 3.07 bits per heavy atom. The van der Waals surface area contributed by atoms with E-state index in [4.69, 9.17) is 5.73 Å². The summed E-state index contributed by atoms with van der Waals surface area (Å²) in [6.07, 6.45) is 2.06. The highest BCUT2D eigenvalue weighted by atomic mass is 79.9. The van der Waals surface area contributed by atoms with Crippen LogP contribution in [0.15, 0.2) is 27.8 Å². The largest absolute Gasteiger partial charge is 0.392 e. The molecule has 1 unspecified atom stereocenters. The van der Waals surface area contributed by atoms with E-state index in [9.17, 15) is 5.11 Å². The van der Waals surface area contributed by atoms with Crippen LogP contribution in [-0.4, -0.2) is 28.5 Å². The normalized spacial score (nSPS) is 12.8. The summed E-state index contributed by atoms with van der Waals surface area (Å²) in [5.41, 5.74) is 5.30. The lowest BCUT2D eigenvalue weighted by Crippen LogP contribution is -2.20. The van der Waals surface area contributed by atoms with Crippen molar-refractivity contribution in [2.45, 2.75) is 17.6 Å². The van der Waals surface area contributed by atoms with Crippen molar-refractivity contribution >= 4 is 27.7 Å². The zero-order valence-electron chi connectivity index (χ0n) is 7.69. The average molecular weight is 277 g/mol. The molecule has 0 radical (unpaired) electrons. The molecular weight excluding hydrogens is 264 g/mol. The molecule has 0 aliphatic rings. The van der Waals surface area contributed by atoms with E-state index in [0.717, 1.165) is 15.3 Å². The van der Waals surface area contributed by atoms with Gasteiger partial charge in [0, 0.05) is 23.0 Å². The van der Waals surface area contributed by atoms with E-state index in [-0.39, 0.29) is 0 Å². The Hall–Kier alpha value is -0.100. The second-order valence-corrected chi connectivity index (χ2v) is 4.75. The van der Waals surface area contributed by atoms with E-state index in [0.29, 0.717) is 13.0 Å². The van der Waals surface area contributed by atoms with Gasteiger partial charge in [-0.25, -0.2) is 4.98 Å². The van der Waals surface area contributed by atoms with E-state index < -0.39 is 6.10 Å². The molecule has 0 aromatic carbocycles. The molecule has 0 saturated carbocycles. The maximum absolute atomic E-state index is 9.23. The van der Waals surface area contributed by atoms with Crippen molar-refractivity contribution in [2.75, 3.05) is 12.3 Å². The Morgan fingerprint density at radius 1 is 1.64 bits per heavy atom. The number of nitrogens with zero attached hydrogens (tertiary/aromatic N) is 1. The molecule has 3 N–H and O–H groups in total. The van der Waals surface area contributed by atoms with Crippen molar-refractivity contribution in [3.8, 4) is 0 Å². The summed E-state index contributed by atoms with van der Waals surface area (Å²) in [6.45, 7) is 0.323. The molecule has 0 aliphatic heterocycles. The first-order chi connectivity index (χ1) is 6.74. The third kappa shape index (κ3) is 3.96. The number of aromatic nitrogens is 1. The second kappa shape index (κ2) is 6.40. The van der Waals surface area contributed by atoms with Crippen LogP contribution in [-0.2, 0) is 0 Å². The van der Waals surface area contributed by atoms with Gasteiger partial charge in [-0.15, -0.1) is 11.8 Å². The molecule has 0 amide bonds. The fourth-order valence-electron chi connectivity index (χ4n) is 0.887. The van der Waals surface area contributed by atoms with Crippen molar-refractivity contribution in [1.82, 2.24) is 4.98 Å². The first kappa shape index (κ1) is 12.0. The summed E-state index contributed by atoms with van der Waals surface area (Å²) < 4.78 is 0.993. The van der Waals surface area contributed by atoms with E-state index in [1.807, 2.05) is 12.1 Å². The fraction of sp³-hybridized carbons (Fsp3) is 0.444. The van der Waals surface area contributed by atoms with Crippen LogP contribution >= 0.6 is 27.7 Å². The smallest absolute Gasteiger partial charge is 0.110 e. The third-order valence-electron chi connectivity index (χ3n) is 1.69. The molecule has 14 heavy (non-hydrogen) atoms. The lowest BCUT2D eigenvalue weighted by Gasteiger charge is -2.06. The second-order valence-electron chi connectivity index (χ2n) is 2.82. The molecule has 0 saturated heterocycles. The zero-order valence-corrected chi connectivity index (χ0v) is 10.1. The maximum Gasteiger partial charge on any atom is 0.110 e. The number of hydrogen-bond donors (Lipinski definition) is 2. The molecule has 1 aromatic heterocycles. The minimum Gasteiger partial charge on any atom is -0.392 e. The van der Waals surface area contributed by atoms with Crippen LogP contribution < -0.4 is 5.73 Å². The summed E-state index contributed by atoms with van der Waals surface area (Å²) >= 11 is 5.03. The molecule has 0 spiro atoms. The predicted octanol–water partition coefficient (Wildman–Crippen LogP) is 1.65. The molecule has 78 valence electrons. The number of halogens is 1. The van der Waals surface area contributed by atoms with Crippen LogP contribution in [0.3, 0.4) is 0 Å². The van der Waals surface area contributed by atoms with E-state index in [1.165, 1.54) is 0 Å². The minimum atomic E-state index is -0.398. The van der Waals surface area contributed by atoms with Gasteiger partial charge < -0.3 is 10.8 Å². The van der Waals surface area contributed by atoms with Gasteiger partial charge in [-0.05, 0) is 34.5 Å². The van der Waals surface area contributed by atoms with Gasteiger partial charge in [0.15, 0.2) is 0 Å². The quantitative estimate of drug-likeness (QED) is 0.803. The molecule has 0 bridgehead atoms. The van der Waals surface area contributed by atoms with Crippen LogP contribution in [0.4, 0.5) is 0 Å². The highest BCUT2D eigenvalue weighted by molar-refractivity contribution is 9.10. The van der Waals surface area contributed by atoms with Crippen LogP contribution in [0.2, 0.25) is 0 Å². The minimum absolute atomic E-state index is 0.323. The Balaban J connectivity index is 2.35. The van der Waals surface area contributed by atoms with Crippen molar-refractivity contribution in [3.63, 3.8) is 0 Å². The standard InChI is InChI=1S/C9H13BrN2OS/c10-8-2-1-4-12-9(8)14-5-3-7(13)6-11/h1-2,4,7,13H,3,5-6,11H2. The highest BCUT2D eigenvalue weighted by Gasteiger charge is 2.04. The Kier molecular flexibility index (Phi) is 5.47. The number of aliphatic hydroxyl groups excluding tert-OH is 1. The van der Waals surface area contributed by atoms with Crippen molar-refractivity contribution in [1.29, 1.82) is 0 Å². The first-order valence-electron chi connectivity index (χ1n) is 4.35. The van der Waals surface area contributed by atoms with Gasteiger partial charge in [-0.2, -0.15) is 0 Å². The summed E-state index contributed by atoms with van der Waals surface area (Å²) in [4.78, 5) is 4.20. The topological polar surface area (TPSA) is 59.1 Å². The van der Waals surface area contributed by atoms with Crippen molar-refractivity contribution in [2.24, 2.45) is 5.73 Å². The van der Waals surface area contributed by atoms with Gasteiger partial charge in [0.1, 0.15) is 5.03 Å². The molecule has 0 aliphatic carbocycles. The van der Waals surface area contributed by atoms with Crippen LogP contribution in [0, 0.1) is 0 Å². The van der Waals surface area contributed by atoms with Crippen molar-refractivity contribution in [3.05, 3.63) is 22.8 Å². The summed E-state index contributed by atoms with van der Waals surface area (Å²) in [6, 6.07) is 3.83. The van der Waals surface area contributed by atoms with Gasteiger partial charge >= 0.3 is 0 Å². The van der Waals surface area contributed by atoms with E-state index in [2.05, 4.69) is 20.9 Å². The summed E-state index contributed by atoms with van der Waals surface area (Å²) in [5.74, 6) is 0.827. The highest BCUT2D eigenvalue weighted by Crippen LogP contribution is 2.25. The van der Waals surface area contributed by atoms with Gasteiger partial charge in [0.05, 0.1) is 6.10 Å². The maximum atomic E-state index is 9.23. The number of thioether (sulfide) groups is 1. The molecule has 5 heteroatoms. The Bertz CT molecular complexity index is 285. The lowest BCUT2D eigenvalue weighted by atomic mass is 10.3. The predicted molar refractivity (Wildman–Crippen MR) is 62.3 cm³/mol. The van der Waals surface area contributed by atoms with Gasteiger partial charge in [-0.3, -0.25) is 0 Å². The zero-order chi connectivity index (χ0) is 10.4. The number of pyridine rings is 1. The number of hydrogen-bond acceptors (Lipinski definition) is 4. The monoisotopic (exact) mass is 276 g/mol. The van der Waals surface area contributed by atoms with Crippen LogP contribution in [0.5, 0.6) is 0 Å². The molecular formula is C9H13BrN2OS. The molecule has 3 nitrogen and oxygen atoms in total. The van der Waals surface area contributed by atoms with Crippen LogP contribution in [0.1, 0.15) is 6.42 Å².